The van der Waals surface area contributed by atoms with E-state index in [2.05, 4.69) is 6.92 Å². The van der Waals surface area contributed by atoms with E-state index in [9.17, 15) is 5.11 Å². The van der Waals surface area contributed by atoms with E-state index in [4.69, 9.17) is 16.3 Å². The van der Waals surface area contributed by atoms with Crippen LogP contribution in [0.4, 0.5) is 0 Å². The molecule has 0 heterocycles. The van der Waals surface area contributed by atoms with E-state index >= 15 is 0 Å². The number of ether oxygens (including phenoxy) is 1. The summed E-state index contributed by atoms with van der Waals surface area (Å²) in [6.45, 7) is 2.29. The van der Waals surface area contributed by atoms with E-state index < -0.39 is 0 Å². The van der Waals surface area contributed by atoms with Crippen molar-refractivity contribution in [2.75, 3.05) is 13.7 Å². The molecule has 1 aromatic rings. The van der Waals surface area contributed by atoms with Gasteiger partial charge < -0.3 is 9.84 Å². The Morgan fingerprint density at radius 3 is 2.73 bits per heavy atom. The fraction of sp³-hybridized carbons (Fsp3) is 0.500. The summed E-state index contributed by atoms with van der Waals surface area (Å²) in [6.07, 6.45) is 1.00. The number of rotatable bonds is 3. The van der Waals surface area contributed by atoms with Crippen LogP contribution in [0.15, 0.2) is 18.2 Å². The molecule has 2 unspecified atom stereocenters. The van der Waals surface area contributed by atoms with Gasteiger partial charge in [0.25, 0.3) is 0 Å². The molecular formula is C12H15ClO2. The molecule has 15 heavy (non-hydrogen) atoms. The first-order chi connectivity index (χ1) is 7.14. The van der Waals surface area contributed by atoms with E-state index in [-0.39, 0.29) is 12.0 Å². The van der Waals surface area contributed by atoms with Gasteiger partial charge in [0.15, 0.2) is 0 Å². The highest BCUT2D eigenvalue weighted by molar-refractivity contribution is 6.30. The van der Waals surface area contributed by atoms with E-state index in [1.165, 1.54) is 0 Å². The van der Waals surface area contributed by atoms with Crippen LogP contribution in [0, 0.1) is 5.92 Å². The first kappa shape index (κ1) is 10.8. The second-order valence-corrected chi connectivity index (χ2v) is 4.70. The van der Waals surface area contributed by atoms with Crippen LogP contribution in [0.1, 0.15) is 18.9 Å². The monoisotopic (exact) mass is 226 g/mol. The maximum absolute atomic E-state index is 9.49. The number of methoxy groups -OCH3 is 1. The van der Waals surface area contributed by atoms with Crippen LogP contribution in [0.5, 0.6) is 5.75 Å². The molecule has 0 aliphatic heterocycles. The zero-order valence-corrected chi connectivity index (χ0v) is 9.71. The van der Waals surface area contributed by atoms with Gasteiger partial charge in [0, 0.05) is 16.0 Å². The third kappa shape index (κ3) is 1.62. The summed E-state index contributed by atoms with van der Waals surface area (Å²) in [6, 6.07) is 5.57. The fourth-order valence-electron chi connectivity index (χ4n) is 2.24. The van der Waals surface area contributed by atoms with Crippen LogP contribution in [-0.2, 0) is 5.41 Å². The first-order valence-electron chi connectivity index (χ1n) is 5.09. The number of aliphatic hydroxyl groups excluding tert-OH is 1. The third-order valence-electron chi connectivity index (χ3n) is 3.43. The Hall–Kier alpha value is -0.730. The van der Waals surface area contributed by atoms with Gasteiger partial charge in [0.1, 0.15) is 5.75 Å². The maximum atomic E-state index is 9.49. The van der Waals surface area contributed by atoms with E-state index in [0.717, 1.165) is 17.7 Å². The summed E-state index contributed by atoms with van der Waals surface area (Å²) in [5, 5.41) is 10.2. The lowest BCUT2D eigenvalue weighted by molar-refractivity contribution is 0.243. The number of hydrogen-bond donors (Lipinski definition) is 1. The van der Waals surface area contributed by atoms with Crippen LogP contribution >= 0.6 is 11.6 Å². The third-order valence-corrected chi connectivity index (χ3v) is 3.67. The smallest absolute Gasteiger partial charge is 0.122 e. The number of aliphatic hydroxyl groups is 1. The van der Waals surface area contributed by atoms with Gasteiger partial charge in [0.05, 0.1) is 13.7 Å². The summed E-state index contributed by atoms with van der Waals surface area (Å²) in [5.41, 5.74) is 0.906. The van der Waals surface area contributed by atoms with Crippen molar-refractivity contribution in [2.24, 2.45) is 5.92 Å². The topological polar surface area (TPSA) is 29.5 Å². The van der Waals surface area contributed by atoms with Crippen molar-refractivity contribution in [3.8, 4) is 5.75 Å². The van der Waals surface area contributed by atoms with Crippen molar-refractivity contribution in [1.82, 2.24) is 0 Å². The van der Waals surface area contributed by atoms with Crippen molar-refractivity contribution in [3.05, 3.63) is 28.8 Å². The molecule has 0 aromatic heterocycles. The van der Waals surface area contributed by atoms with Crippen molar-refractivity contribution in [1.29, 1.82) is 0 Å². The molecule has 2 atom stereocenters. The van der Waals surface area contributed by atoms with Gasteiger partial charge in [-0.25, -0.2) is 0 Å². The molecule has 1 aliphatic carbocycles. The Bertz CT molecular complexity index is 374. The van der Waals surface area contributed by atoms with Crippen LogP contribution in [-0.4, -0.2) is 18.8 Å². The minimum atomic E-state index is -0.129. The molecule has 3 heteroatoms. The van der Waals surface area contributed by atoms with Crippen molar-refractivity contribution < 1.29 is 9.84 Å². The molecule has 1 N–H and O–H groups in total. The molecule has 82 valence electrons. The maximum Gasteiger partial charge on any atom is 0.122 e. The highest BCUT2D eigenvalue weighted by atomic mass is 35.5. The zero-order valence-electron chi connectivity index (χ0n) is 8.96. The van der Waals surface area contributed by atoms with Gasteiger partial charge in [0.2, 0.25) is 0 Å². The lowest BCUT2D eigenvalue weighted by Crippen LogP contribution is -2.16. The van der Waals surface area contributed by atoms with Crippen LogP contribution in [0.3, 0.4) is 0 Å². The highest BCUT2D eigenvalue weighted by Gasteiger charge is 2.53. The summed E-state index contributed by atoms with van der Waals surface area (Å²) >= 11 is 5.98. The molecule has 1 fully saturated rings. The summed E-state index contributed by atoms with van der Waals surface area (Å²) in [7, 11) is 1.64. The Labute approximate surface area is 94.8 Å². The second-order valence-electron chi connectivity index (χ2n) is 4.26. The Balaban J connectivity index is 2.46. The van der Waals surface area contributed by atoms with Crippen LogP contribution in [0.2, 0.25) is 5.02 Å². The SMILES string of the molecule is COc1ccc(Cl)cc1C1(CO)CC1C. The van der Waals surface area contributed by atoms with Gasteiger partial charge in [-0.1, -0.05) is 18.5 Å². The van der Waals surface area contributed by atoms with E-state index in [1.807, 2.05) is 18.2 Å². The summed E-state index contributed by atoms with van der Waals surface area (Å²) in [5.74, 6) is 1.31. The lowest BCUT2D eigenvalue weighted by Gasteiger charge is -2.17. The van der Waals surface area contributed by atoms with Crippen LogP contribution in [0.25, 0.3) is 0 Å². The molecular weight excluding hydrogens is 212 g/mol. The van der Waals surface area contributed by atoms with Gasteiger partial charge >= 0.3 is 0 Å². The summed E-state index contributed by atoms with van der Waals surface area (Å²) < 4.78 is 5.31. The van der Waals surface area contributed by atoms with Crippen molar-refractivity contribution in [2.45, 2.75) is 18.8 Å². The largest absolute Gasteiger partial charge is 0.496 e. The highest BCUT2D eigenvalue weighted by Crippen LogP contribution is 2.56. The molecule has 0 spiro atoms. The Morgan fingerprint density at radius 1 is 1.60 bits per heavy atom. The number of hydrogen-bond acceptors (Lipinski definition) is 2. The molecule has 0 bridgehead atoms. The molecule has 0 saturated heterocycles. The first-order valence-corrected chi connectivity index (χ1v) is 5.46. The van der Waals surface area contributed by atoms with E-state index in [1.54, 1.807) is 7.11 Å². The quantitative estimate of drug-likeness (QED) is 0.859. The minimum absolute atomic E-state index is 0.129. The molecule has 1 aliphatic rings. The van der Waals surface area contributed by atoms with Crippen molar-refractivity contribution in [3.63, 3.8) is 0 Å². The molecule has 2 nitrogen and oxygen atoms in total. The lowest BCUT2D eigenvalue weighted by atomic mass is 9.93. The minimum Gasteiger partial charge on any atom is -0.496 e. The van der Waals surface area contributed by atoms with Crippen LogP contribution < -0.4 is 4.74 Å². The van der Waals surface area contributed by atoms with Gasteiger partial charge in [-0.05, 0) is 30.5 Å². The molecule has 2 rings (SSSR count). The average molecular weight is 227 g/mol. The Kier molecular flexibility index (Phi) is 2.65. The number of halogens is 1. The predicted octanol–water partition coefficient (Wildman–Crippen LogP) is 2.62. The predicted molar refractivity (Wildman–Crippen MR) is 60.5 cm³/mol. The Morgan fingerprint density at radius 2 is 2.27 bits per heavy atom. The summed E-state index contributed by atoms with van der Waals surface area (Å²) in [4.78, 5) is 0. The molecule has 0 amide bonds. The van der Waals surface area contributed by atoms with Gasteiger partial charge in [-0.15, -0.1) is 0 Å². The fourth-order valence-corrected chi connectivity index (χ4v) is 2.41. The van der Waals surface area contributed by atoms with Gasteiger partial charge in [-0.3, -0.25) is 0 Å². The standard InChI is InChI=1S/C12H15ClO2/c1-8-6-12(8,7-14)10-5-9(13)3-4-11(10)15-2/h3-5,8,14H,6-7H2,1-2H3. The van der Waals surface area contributed by atoms with E-state index in [0.29, 0.717) is 10.9 Å². The normalized spacial score (nSPS) is 28.9. The zero-order chi connectivity index (χ0) is 11.1. The van der Waals surface area contributed by atoms with Crippen molar-refractivity contribution >= 4 is 11.6 Å². The molecule has 0 radical (unpaired) electrons. The molecule has 1 aromatic carbocycles. The average Bonchev–Trinajstić information content (AvgIpc) is 2.91. The molecule has 1 saturated carbocycles. The number of benzene rings is 1. The second kappa shape index (κ2) is 3.69. The van der Waals surface area contributed by atoms with Gasteiger partial charge in [-0.2, -0.15) is 0 Å².